The van der Waals surface area contributed by atoms with Crippen LogP contribution in [-0.2, 0) is 14.2 Å². The summed E-state index contributed by atoms with van der Waals surface area (Å²) in [6.45, 7) is 9.91. The summed E-state index contributed by atoms with van der Waals surface area (Å²) in [5, 5.41) is 6.59. The number of hydrogen-bond donors (Lipinski definition) is 2. The number of guanidine groups is 1. The number of carbonyl (C=O) groups is 1. The van der Waals surface area contributed by atoms with Crippen LogP contribution >= 0.6 is 0 Å². The molecule has 2 aliphatic rings. The van der Waals surface area contributed by atoms with Crippen molar-refractivity contribution < 1.29 is 19.0 Å². The average Bonchev–Trinajstić information content (AvgIpc) is 3.03. The summed E-state index contributed by atoms with van der Waals surface area (Å²) in [6.07, 6.45) is 3.17. The topological polar surface area (TPSA) is 84.4 Å². The third-order valence-electron chi connectivity index (χ3n) is 4.18. The zero-order valence-corrected chi connectivity index (χ0v) is 16.5. The van der Waals surface area contributed by atoms with Crippen molar-refractivity contribution in [2.75, 3.05) is 46.5 Å². The van der Waals surface area contributed by atoms with E-state index in [9.17, 15) is 4.79 Å². The molecule has 0 aromatic rings. The Morgan fingerprint density at radius 1 is 1.35 bits per heavy atom. The van der Waals surface area contributed by atoms with Gasteiger partial charge in [-0.1, -0.05) is 0 Å². The Labute approximate surface area is 156 Å². The van der Waals surface area contributed by atoms with Gasteiger partial charge in [0.2, 0.25) is 0 Å². The molecule has 0 saturated carbocycles. The van der Waals surface area contributed by atoms with Gasteiger partial charge in [-0.05, 0) is 40.0 Å². The molecule has 8 nitrogen and oxygen atoms in total. The third-order valence-corrected chi connectivity index (χ3v) is 4.18. The third kappa shape index (κ3) is 7.37. The summed E-state index contributed by atoms with van der Waals surface area (Å²) in [6, 6.07) is 0.199. The smallest absolute Gasteiger partial charge is 0.410 e. The predicted octanol–water partition coefficient (Wildman–Crippen LogP) is 1.36. The van der Waals surface area contributed by atoms with E-state index in [1.807, 2.05) is 20.8 Å². The molecule has 0 spiro atoms. The van der Waals surface area contributed by atoms with Crippen LogP contribution in [0, 0.1) is 0 Å². The Morgan fingerprint density at radius 2 is 2.12 bits per heavy atom. The molecule has 150 valence electrons. The van der Waals surface area contributed by atoms with Gasteiger partial charge in [-0.3, -0.25) is 4.99 Å². The van der Waals surface area contributed by atoms with Crippen molar-refractivity contribution in [2.45, 2.75) is 57.8 Å². The van der Waals surface area contributed by atoms with Gasteiger partial charge < -0.3 is 29.7 Å². The number of carbonyl (C=O) groups excluding carboxylic acids is 1. The summed E-state index contributed by atoms with van der Waals surface area (Å²) < 4.78 is 16.5. The standard InChI is InChI=1S/C18H34N4O4/c1-18(2,3)26-17(23)22-11-14(12-22)21-16(19-4)20-8-6-9-24-13-15-7-5-10-25-15/h14-15H,5-13H2,1-4H3,(H2,19,20,21). The van der Waals surface area contributed by atoms with Gasteiger partial charge in [-0.2, -0.15) is 0 Å². The lowest BCUT2D eigenvalue weighted by Crippen LogP contribution is -2.63. The molecule has 0 radical (unpaired) electrons. The van der Waals surface area contributed by atoms with Crippen molar-refractivity contribution in [3.8, 4) is 0 Å². The van der Waals surface area contributed by atoms with Gasteiger partial charge in [0.1, 0.15) is 5.60 Å². The molecule has 2 aliphatic heterocycles. The molecule has 1 amide bonds. The molecule has 2 N–H and O–H groups in total. The van der Waals surface area contributed by atoms with Crippen molar-refractivity contribution in [1.29, 1.82) is 0 Å². The van der Waals surface area contributed by atoms with Crippen molar-refractivity contribution in [3.63, 3.8) is 0 Å². The highest BCUT2D eigenvalue weighted by molar-refractivity contribution is 5.80. The van der Waals surface area contributed by atoms with Crippen LogP contribution in [0.25, 0.3) is 0 Å². The molecule has 2 rings (SSSR count). The fourth-order valence-electron chi connectivity index (χ4n) is 2.80. The van der Waals surface area contributed by atoms with Gasteiger partial charge in [0.05, 0.1) is 18.8 Å². The largest absolute Gasteiger partial charge is 0.444 e. The van der Waals surface area contributed by atoms with E-state index in [1.165, 1.54) is 0 Å². The second-order valence-electron chi connectivity index (χ2n) is 7.79. The van der Waals surface area contributed by atoms with Crippen LogP contribution in [0.15, 0.2) is 4.99 Å². The number of nitrogens with zero attached hydrogens (tertiary/aromatic N) is 2. The molecule has 2 heterocycles. The molecule has 1 unspecified atom stereocenters. The van der Waals surface area contributed by atoms with E-state index < -0.39 is 5.60 Å². The fourth-order valence-corrected chi connectivity index (χ4v) is 2.80. The van der Waals surface area contributed by atoms with Gasteiger partial charge >= 0.3 is 6.09 Å². The number of likely N-dealkylation sites (tertiary alicyclic amines) is 1. The lowest BCUT2D eigenvalue weighted by Gasteiger charge is -2.40. The quantitative estimate of drug-likeness (QED) is 0.400. The first-order chi connectivity index (χ1) is 12.4. The SMILES string of the molecule is CN=C(NCCCOCC1CCCO1)NC1CN(C(=O)OC(C)(C)C)C1. The summed E-state index contributed by atoms with van der Waals surface area (Å²) in [7, 11) is 1.74. The summed E-state index contributed by atoms with van der Waals surface area (Å²) in [5.41, 5.74) is -0.459. The van der Waals surface area contributed by atoms with Crippen molar-refractivity contribution in [3.05, 3.63) is 0 Å². The Balaban J connectivity index is 1.51. The van der Waals surface area contributed by atoms with Crippen LogP contribution in [0.3, 0.4) is 0 Å². The first-order valence-corrected chi connectivity index (χ1v) is 9.52. The number of aliphatic imine (C=N–C) groups is 1. The lowest BCUT2D eigenvalue weighted by molar-refractivity contribution is 0.00699. The number of nitrogens with one attached hydrogen (secondary N) is 2. The normalized spacial score (nSPS) is 21.5. The number of ether oxygens (including phenoxy) is 3. The molecule has 1 atom stereocenters. The molecular formula is C18H34N4O4. The highest BCUT2D eigenvalue weighted by Crippen LogP contribution is 2.15. The minimum absolute atomic E-state index is 0.199. The van der Waals surface area contributed by atoms with E-state index in [1.54, 1.807) is 11.9 Å². The van der Waals surface area contributed by atoms with Crippen LogP contribution in [0.4, 0.5) is 4.79 Å². The molecule has 2 fully saturated rings. The zero-order valence-electron chi connectivity index (χ0n) is 16.5. The number of rotatable bonds is 7. The Bertz CT molecular complexity index is 466. The monoisotopic (exact) mass is 370 g/mol. The second kappa shape index (κ2) is 9.97. The highest BCUT2D eigenvalue weighted by atomic mass is 16.6. The van der Waals surface area contributed by atoms with E-state index in [0.717, 1.165) is 38.4 Å². The van der Waals surface area contributed by atoms with Crippen molar-refractivity contribution >= 4 is 12.1 Å². The number of hydrogen-bond acceptors (Lipinski definition) is 5. The average molecular weight is 370 g/mol. The van der Waals surface area contributed by atoms with E-state index >= 15 is 0 Å². The fraction of sp³-hybridized carbons (Fsp3) is 0.889. The van der Waals surface area contributed by atoms with Gasteiger partial charge in [0, 0.05) is 39.9 Å². The maximum atomic E-state index is 11.9. The molecular weight excluding hydrogens is 336 g/mol. The van der Waals surface area contributed by atoms with Crippen LogP contribution in [-0.4, -0.2) is 81.2 Å². The molecule has 26 heavy (non-hydrogen) atoms. The molecule has 0 aliphatic carbocycles. The van der Waals surface area contributed by atoms with Gasteiger partial charge in [-0.25, -0.2) is 4.79 Å². The van der Waals surface area contributed by atoms with Gasteiger partial charge in [-0.15, -0.1) is 0 Å². The first-order valence-electron chi connectivity index (χ1n) is 9.52. The van der Waals surface area contributed by atoms with Gasteiger partial charge in [0.15, 0.2) is 5.96 Å². The maximum Gasteiger partial charge on any atom is 0.410 e. The maximum absolute atomic E-state index is 11.9. The molecule has 0 aromatic heterocycles. The van der Waals surface area contributed by atoms with Crippen LogP contribution in [0.1, 0.15) is 40.0 Å². The Morgan fingerprint density at radius 3 is 2.73 bits per heavy atom. The minimum atomic E-state index is -0.459. The molecule has 0 bridgehead atoms. The van der Waals surface area contributed by atoms with E-state index in [-0.39, 0.29) is 18.2 Å². The Kier molecular flexibility index (Phi) is 7.96. The van der Waals surface area contributed by atoms with Gasteiger partial charge in [0.25, 0.3) is 0 Å². The summed E-state index contributed by atoms with van der Waals surface area (Å²) in [5.74, 6) is 0.748. The second-order valence-corrected chi connectivity index (χ2v) is 7.79. The highest BCUT2D eigenvalue weighted by Gasteiger charge is 2.34. The van der Waals surface area contributed by atoms with Crippen LogP contribution < -0.4 is 10.6 Å². The number of amides is 1. The molecule has 0 aromatic carbocycles. The first kappa shape index (κ1) is 20.8. The van der Waals surface area contributed by atoms with Crippen LogP contribution in [0.5, 0.6) is 0 Å². The predicted molar refractivity (Wildman–Crippen MR) is 101 cm³/mol. The van der Waals surface area contributed by atoms with Crippen LogP contribution in [0.2, 0.25) is 0 Å². The summed E-state index contributed by atoms with van der Waals surface area (Å²) in [4.78, 5) is 17.8. The molecule has 8 heteroatoms. The summed E-state index contributed by atoms with van der Waals surface area (Å²) >= 11 is 0. The minimum Gasteiger partial charge on any atom is -0.444 e. The molecule has 2 saturated heterocycles. The Hall–Kier alpha value is -1.54. The lowest BCUT2D eigenvalue weighted by atomic mass is 10.1. The van der Waals surface area contributed by atoms with Crippen molar-refractivity contribution in [2.24, 2.45) is 4.99 Å². The van der Waals surface area contributed by atoms with E-state index in [2.05, 4.69) is 15.6 Å². The van der Waals surface area contributed by atoms with E-state index in [0.29, 0.717) is 26.3 Å². The van der Waals surface area contributed by atoms with E-state index in [4.69, 9.17) is 14.2 Å². The zero-order chi connectivity index (χ0) is 19.0. The van der Waals surface area contributed by atoms with Crippen molar-refractivity contribution in [1.82, 2.24) is 15.5 Å².